The summed E-state index contributed by atoms with van der Waals surface area (Å²) < 4.78 is 5.69. The Kier molecular flexibility index (Phi) is 5.95. The lowest BCUT2D eigenvalue weighted by Crippen LogP contribution is -2.38. The van der Waals surface area contributed by atoms with Crippen LogP contribution in [0.25, 0.3) is 10.6 Å². The van der Waals surface area contributed by atoms with Crippen LogP contribution in [0.5, 0.6) is 5.75 Å². The average Bonchev–Trinajstić information content (AvgIpc) is 3.24. The van der Waals surface area contributed by atoms with E-state index in [4.69, 9.17) is 4.74 Å². The van der Waals surface area contributed by atoms with Crippen molar-refractivity contribution in [3.05, 3.63) is 71.2 Å². The molecule has 0 spiro atoms. The number of thiazole rings is 1. The predicted octanol–water partition coefficient (Wildman–Crippen LogP) is 5.62. The van der Waals surface area contributed by atoms with E-state index >= 15 is 0 Å². The molecular formula is C24H26N2O2S. The monoisotopic (exact) mass is 406 g/mol. The Bertz CT molecular complexity index is 943. The van der Waals surface area contributed by atoms with E-state index < -0.39 is 0 Å². The number of piperidine rings is 1. The van der Waals surface area contributed by atoms with E-state index in [0.29, 0.717) is 11.6 Å². The second-order valence-corrected chi connectivity index (χ2v) is 8.56. The summed E-state index contributed by atoms with van der Waals surface area (Å²) in [5.41, 5.74) is 2.93. The van der Waals surface area contributed by atoms with Gasteiger partial charge in [-0.2, -0.15) is 0 Å². The molecule has 150 valence electrons. The Morgan fingerprint density at radius 1 is 1.07 bits per heavy atom. The van der Waals surface area contributed by atoms with Gasteiger partial charge in [0.2, 0.25) is 0 Å². The molecule has 2 aromatic carbocycles. The van der Waals surface area contributed by atoms with Gasteiger partial charge in [-0.25, -0.2) is 4.98 Å². The first-order chi connectivity index (χ1) is 14.1. The highest BCUT2D eigenvalue weighted by molar-refractivity contribution is 7.13. The molecule has 0 bridgehead atoms. The van der Waals surface area contributed by atoms with Crippen molar-refractivity contribution in [2.75, 3.05) is 13.1 Å². The molecule has 5 heteroatoms. The summed E-state index contributed by atoms with van der Waals surface area (Å²) in [6.45, 7) is 5.59. The minimum Gasteiger partial charge on any atom is -0.491 e. The maximum Gasteiger partial charge on any atom is 0.273 e. The number of carbonyl (C=O) groups excluding carboxylic acids is 1. The molecule has 0 unspecified atom stereocenters. The Labute approximate surface area is 176 Å². The van der Waals surface area contributed by atoms with Gasteiger partial charge in [-0.1, -0.05) is 30.3 Å². The van der Waals surface area contributed by atoms with Crippen LogP contribution in [-0.4, -0.2) is 35.0 Å². The smallest absolute Gasteiger partial charge is 0.273 e. The molecule has 1 amide bonds. The van der Waals surface area contributed by atoms with Gasteiger partial charge in [0.05, 0.1) is 6.10 Å². The third-order valence-corrected chi connectivity index (χ3v) is 6.14. The zero-order valence-corrected chi connectivity index (χ0v) is 17.7. The molecule has 1 saturated heterocycles. The molecular weight excluding hydrogens is 380 g/mol. The molecule has 1 fully saturated rings. The van der Waals surface area contributed by atoms with E-state index in [1.165, 1.54) is 16.9 Å². The predicted molar refractivity (Wildman–Crippen MR) is 118 cm³/mol. The van der Waals surface area contributed by atoms with E-state index in [9.17, 15) is 4.79 Å². The number of nitrogens with zero attached hydrogens (tertiary/aromatic N) is 2. The fourth-order valence-corrected chi connectivity index (χ4v) is 4.56. The standard InChI is InChI=1S/C24H26N2O2S/c1-17(2)28-21-10-8-20(9-11-21)23-25-22(16-29-23)24(27)26-14-12-19(13-15-26)18-6-4-3-5-7-18/h3-11,16-17,19H,12-15H2,1-2H3. The van der Waals surface area contributed by atoms with Crippen molar-refractivity contribution in [3.8, 4) is 16.3 Å². The van der Waals surface area contributed by atoms with Crippen LogP contribution in [-0.2, 0) is 0 Å². The summed E-state index contributed by atoms with van der Waals surface area (Å²) in [7, 11) is 0. The first kappa shape index (κ1) is 19.6. The summed E-state index contributed by atoms with van der Waals surface area (Å²) in [6, 6.07) is 18.5. The molecule has 2 heterocycles. The molecule has 29 heavy (non-hydrogen) atoms. The van der Waals surface area contributed by atoms with Gasteiger partial charge in [0, 0.05) is 24.0 Å². The largest absolute Gasteiger partial charge is 0.491 e. The normalized spacial score (nSPS) is 14.9. The summed E-state index contributed by atoms with van der Waals surface area (Å²) in [5, 5.41) is 2.74. The van der Waals surface area contributed by atoms with Crippen LogP contribution in [0.15, 0.2) is 60.0 Å². The number of amides is 1. The third kappa shape index (κ3) is 4.67. The van der Waals surface area contributed by atoms with Gasteiger partial charge in [-0.05, 0) is 62.4 Å². The number of ether oxygens (including phenoxy) is 1. The van der Waals surface area contributed by atoms with Crippen LogP contribution in [0.4, 0.5) is 0 Å². The summed E-state index contributed by atoms with van der Waals surface area (Å²) >= 11 is 1.51. The fourth-order valence-electron chi connectivity index (χ4n) is 3.76. The average molecular weight is 407 g/mol. The van der Waals surface area contributed by atoms with E-state index in [-0.39, 0.29) is 12.0 Å². The topological polar surface area (TPSA) is 42.4 Å². The van der Waals surface area contributed by atoms with Crippen molar-refractivity contribution in [1.82, 2.24) is 9.88 Å². The SMILES string of the molecule is CC(C)Oc1ccc(-c2nc(C(=O)N3CCC(c4ccccc4)CC3)cs2)cc1. The fraction of sp³-hybridized carbons (Fsp3) is 0.333. The second kappa shape index (κ2) is 8.78. The molecule has 1 aliphatic heterocycles. The van der Waals surface area contributed by atoms with Crippen molar-refractivity contribution >= 4 is 17.2 Å². The summed E-state index contributed by atoms with van der Waals surface area (Å²) in [4.78, 5) is 19.5. The second-order valence-electron chi connectivity index (χ2n) is 7.71. The van der Waals surface area contributed by atoms with Gasteiger partial charge >= 0.3 is 0 Å². The van der Waals surface area contributed by atoms with Crippen LogP contribution >= 0.6 is 11.3 Å². The Morgan fingerprint density at radius 2 is 1.76 bits per heavy atom. The minimum absolute atomic E-state index is 0.0405. The lowest BCUT2D eigenvalue weighted by Gasteiger charge is -2.31. The molecule has 4 rings (SSSR count). The van der Waals surface area contributed by atoms with Gasteiger partial charge in [0.25, 0.3) is 5.91 Å². The number of carbonyl (C=O) groups is 1. The van der Waals surface area contributed by atoms with Crippen molar-refractivity contribution in [2.45, 2.75) is 38.7 Å². The van der Waals surface area contributed by atoms with E-state index in [0.717, 1.165) is 42.3 Å². The van der Waals surface area contributed by atoms with Crippen molar-refractivity contribution in [3.63, 3.8) is 0 Å². The molecule has 1 aromatic heterocycles. The molecule has 0 aliphatic carbocycles. The van der Waals surface area contributed by atoms with Crippen molar-refractivity contribution < 1.29 is 9.53 Å². The number of likely N-dealkylation sites (tertiary alicyclic amines) is 1. The Balaban J connectivity index is 1.39. The molecule has 1 aliphatic rings. The maximum absolute atomic E-state index is 12.9. The van der Waals surface area contributed by atoms with Crippen molar-refractivity contribution in [2.24, 2.45) is 0 Å². The first-order valence-corrected chi connectivity index (χ1v) is 11.0. The van der Waals surface area contributed by atoms with Crippen LogP contribution < -0.4 is 4.74 Å². The first-order valence-electron chi connectivity index (χ1n) is 10.2. The lowest BCUT2D eigenvalue weighted by atomic mass is 9.89. The minimum atomic E-state index is 0.0405. The van der Waals surface area contributed by atoms with Gasteiger partial charge in [-0.15, -0.1) is 11.3 Å². The number of benzene rings is 2. The molecule has 0 atom stereocenters. The number of rotatable bonds is 5. The lowest BCUT2D eigenvalue weighted by molar-refractivity contribution is 0.0708. The van der Waals surface area contributed by atoms with Gasteiger partial charge in [0.1, 0.15) is 16.5 Å². The van der Waals surface area contributed by atoms with Gasteiger partial charge in [-0.3, -0.25) is 4.79 Å². The molecule has 0 saturated carbocycles. The third-order valence-electron chi connectivity index (χ3n) is 5.25. The van der Waals surface area contributed by atoms with Crippen LogP contribution in [0.2, 0.25) is 0 Å². The molecule has 0 N–H and O–H groups in total. The molecule has 4 nitrogen and oxygen atoms in total. The number of aromatic nitrogens is 1. The van der Waals surface area contributed by atoms with Crippen LogP contribution in [0.3, 0.4) is 0 Å². The number of hydrogen-bond acceptors (Lipinski definition) is 4. The van der Waals surface area contributed by atoms with E-state index in [1.807, 2.05) is 54.5 Å². The van der Waals surface area contributed by atoms with Crippen molar-refractivity contribution in [1.29, 1.82) is 0 Å². The maximum atomic E-state index is 12.9. The van der Waals surface area contributed by atoms with E-state index in [1.54, 1.807) is 0 Å². The summed E-state index contributed by atoms with van der Waals surface area (Å²) in [5.74, 6) is 1.43. The van der Waals surface area contributed by atoms with Gasteiger partial charge < -0.3 is 9.64 Å². The quantitative estimate of drug-likeness (QED) is 0.552. The van der Waals surface area contributed by atoms with E-state index in [2.05, 4.69) is 29.2 Å². The highest BCUT2D eigenvalue weighted by atomic mass is 32.1. The zero-order chi connectivity index (χ0) is 20.2. The van der Waals surface area contributed by atoms with Crippen LogP contribution in [0, 0.1) is 0 Å². The summed E-state index contributed by atoms with van der Waals surface area (Å²) in [6.07, 6.45) is 2.16. The van der Waals surface area contributed by atoms with Crippen LogP contribution in [0.1, 0.15) is 48.7 Å². The zero-order valence-electron chi connectivity index (χ0n) is 16.9. The van der Waals surface area contributed by atoms with Gasteiger partial charge in [0.15, 0.2) is 0 Å². The molecule has 3 aromatic rings. The number of hydrogen-bond donors (Lipinski definition) is 0. The highest BCUT2D eigenvalue weighted by Gasteiger charge is 2.26. The molecule has 0 radical (unpaired) electrons. The highest BCUT2D eigenvalue weighted by Crippen LogP contribution is 2.30. The Morgan fingerprint density at radius 3 is 2.41 bits per heavy atom. The Hall–Kier alpha value is -2.66.